The standard InChI is InChI=1S/C22H28N4O3/c1-4-20(27)24-17-10-12-18(13-11-17)25-21(28)15-23-19-9-7-8-16(14-19)22(29)26(5-2)6-3/h7-14,23H,4-6,15H2,1-3H3,(H,24,27)(H,25,28). The van der Waals surface area contributed by atoms with Crippen LogP contribution in [0.4, 0.5) is 17.1 Å². The second-order valence-electron chi connectivity index (χ2n) is 6.44. The molecule has 7 nitrogen and oxygen atoms in total. The van der Waals surface area contributed by atoms with E-state index in [0.29, 0.717) is 42.1 Å². The number of nitrogens with one attached hydrogen (secondary N) is 3. The van der Waals surface area contributed by atoms with Gasteiger partial charge in [0, 0.05) is 42.1 Å². The predicted molar refractivity (Wildman–Crippen MR) is 116 cm³/mol. The first kappa shape index (κ1) is 21.9. The lowest BCUT2D eigenvalue weighted by atomic mass is 10.1. The molecule has 0 heterocycles. The minimum Gasteiger partial charge on any atom is -0.376 e. The third kappa shape index (κ3) is 6.64. The van der Waals surface area contributed by atoms with Gasteiger partial charge in [0.15, 0.2) is 0 Å². The van der Waals surface area contributed by atoms with Crippen LogP contribution in [0.25, 0.3) is 0 Å². The van der Waals surface area contributed by atoms with Crippen LogP contribution in [-0.2, 0) is 9.59 Å². The van der Waals surface area contributed by atoms with Gasteiger partial charge >= 0.3 is 0 Å². The predicted octanol–water partition coefficient (Wildman–Crippen LogP) is 3.57. The summed E-state index contributed by atoms with van der Waals surface area (Å²) in [5, 5.41) is 8.59. The number of amides is 3. The van der Waals surface area contributed by atoms with Crippen molar-refractivity contribution >= 4 is 34.8 Å². The van der Waals surface area contributed by atoms with Gasteiger partial charge in [-0.2, -0.15) is 0 Å². The molecule has 3 amide bonds. The van der Waals surface area contributed by atoms with Crippen LogP contribution in [-0.4, -0.2) is 42.3 Å². The van der Waals surface area contributed by atoms with E-state index in [1.54, 1.807) is 54.3 Å². The van der Waals surface area contributed by atoms with Gasteiger partial charge in [0.2, 0.25) is 11.8 Å². The molecule has 0 saturated heterocycles. The van der Waals surface area contributed by atoms with E-state index in [4.69, 9.17) is 0 Å². The van der Waals surface area contributed by atoms with Crippen molar-refractivity contribution in [3.63, 3.8) is 0 Å². The lowest BCUT2D eigenvalue weighted by Gasteiger charge is -2.19. The zero-order valence-corrected chi connectivity index (χ0v) is 17.1. The van der Waals surface area contributed by atoms with Crippen molar-refractivity contribution < 1.29 is 14.4 Å². The highest BCUT2D eigenvalue weighted by Gasteiger charge is 2.12. The smallest absolute Gasteiger partial charge is 0.253 e. The summed E-state index contributed by atoms with van der Waals surface area (Å²) in [5.41, 5.74) is 2.61. The number of anilines is 3. The van der Waals surface area contributed by atoms with Gasteiger partial charge in [0.05, 0.1) is 6.54 Å². The van der Waals surface area contributed by atoms with Crippen LogP contribution in [0.1, 0.15) is 37.6 Å². The van der Waals surface area contributed by atoms with Crippen molar-refractivity contribution in [3.05, 3.63) is 54.1 Å². The molecule has 0 spiro atoms. The summed E-state index contributed by atoms with van der Waals surface area (Å²) in [5.74, 6) is -0.304. The molecular weight excluding hydrogens is 368 g/mol. The van der Waals surface area contributed by atoms with E-state index in [9.17, 15) is 14.4 Å². The molecule has 0 radical (unpaired) electrons. The lowest BCUT2D eigenvalue weighted by Crippen LogP contribution is -2.30. The van der Waals surface area contributed by atoms with E-state index in [2.05, 4.69) is 16.0 Å². The fourth-order valence-corrected chi connectivity index (χ4v) is 2.73. The summed E-state index contributed by atoms with van der Waals surface area (Å²) in [6.45, 7) is 7.03. The lowest BCUT2D eigenvalue weighted by molar-refractivity contribution is -0.116. The van der Waals surface area contributed by atoms with Crippen molar-refractivity contribution in [3.8, 4) is 0 Å². The van der Waals surface area contributed by atoms with Gasteiger partial charge in [0.25, 0.3) is 5.91 Å². The summed E-state index contributed by atoms with van der Waals surface area (Å²) in [6.07, 6.45) is 0.409. The molecule has 7 heteroatoms. The van der Waals surface area contributed by atoms with Crippen molar-refractivity contribution in [2.45, 2.75) is 27.2 Å². The van der Waals surface area contributed by atoms with E-state index >= 15 is 0 Å². The Morgan fingerprint density at radius 1 is 0.793 bits per heavy atom. The molecule has 2 rings (SSSR count). The molecule has 0 atom stereocenters. The van der Waals surface area contributed by atoms with Crippen molar-refractivity contribution in [2.75, 3.05) is 35.6 Å². The maximum Gasteiger partial charge on any atom is 0.253 e. The average Bonchev–Trinajstić information content (AvgIpc) is 2.74. The quantitative estimate of drug-likeness (QED) is 0.604. The van der Waals surface area contributed by atoms with Crippen LogP contribution in [0.3, 0.4) is 0 Å². The normalized spacial score (nSPS) is 10.2. The molecule has 0 aliphatic rings. The van der Waals surface area contributed by atoms with Crippen LogP contribution in [0, 0.1) is 0 Å². The first-order chi connectivity index (χ1) is 14.0. The van der Waals surface area contributed by atoms with Crippen molar-refractivity contribution in [1.29, 1.82) is 0 Å². The zero-order chi connectivity index (χ0) is 21.2. The SMILES string of the molecule is CCC(=O)Nc1ccc(NC(=O)CNc2cccc(C(=O)N(CC)CC)c2)cc1. The highest BCUT2D eigenvalue weighted by atomic mass is 16.2. The van der Waals surface area contributed by atoms with Crippen LogP contribution in [0.15, 0.2) is 48.5 Å². The number of rotatable bonds is 9. The first-order valence-electron chi connectivity index (χ1n) is 9.79. The highest BCUT2D eigenvalue weighted by Crippen LogP contribution is 2.15. The Morgan fingerprint density at radius 2 is 1.38 bits per heavy atom. The monoisotopic (exact) mass is 396 g/mol. The Hall–Kier alpha value is -3.35. The Labute approximate surface area is 171 Å². The molecule has 0 fully saturated rings. The van der Waals surface area contributed by atoms with Gasteiger partial charge in [-0.25, -0.2) is 0 Å². The molecule has 2 aromatic carbocycles. The molecular formula is C22H28N4O3. The Bertz CT molecular complexity index is 845. The molecule has 0 unspecified atom stereocenters. The van der Waals surface area contributed by atoms with Gasteiger partial charge < -0.3 is 20.9 Å². The van der Waals surface area contributed by atoms with Crippen LogP contribution in [0.2, 0.25) is 0 Å². The average molecular weight is 396 g/mol. The summed E-state index contributed by atoms with van der Waals surface area (Å²) >= 11 is 0. The number of carbonyl (C=O) groups is 3. The highest BCUT2D eigenvalue weighted by molar-refractivity contribution is 5.96. The Balaban J connectivity index is 1.90. The number of carbonyl (C=O) groups excluding carboxylic acids is 3. The molecule has 154 valence electrons. The fraction of sp³-hybridized carbons (Fsp3) is 0.318. The van der Waals surface area contributed by atoms with E-state index in [1.165, 1.54) is 0 Å². The Kier molecular flexibility index (Phi) is 8.21. The van der Waals surface area contributed by atoms with Crippen LogP contribution < -0.4 is 16.0 Å². The molecule has 3 N–H and O–H groups in total. The molecule has 2 aromatic rings. The number of nitrogens with zero attached hydrogens (tertiary/aromatic N) is 1. The van der Waals surface area contributed by atoms with Gasteiger partial charge in [-0.1, -0.05) is 13.0 Å². The largest absolute Gasteiger partial charge is 0.376 e. The minimum absolute atomic E-state index is 0.0293. The summed E-state index contributed by atoms with van der Waals surface area (Å²) in [7, 11) is 0. The second kappa shape index (κ2) is 10.8. The molecule has 29 heavy (non-hydrogen) atoms. The molecule has 0 aromatic heterocycles. The van der Waals surface area contributed by atoms with Crippen molar-refractivity contribution in [2.24, 2.45) is 0 Å². The van der Waals surface area contributed by atoms with Crippen LogP contribution in [0.5, 0.6) is 0 Å². The Morgan fingerprint density at radius 3 is 1.93 bits per heavy atom. The maximum absolute atomic E-state index is 12.4. The number of hydrogen-bond acceptors (Lipinski definition) is 4. The van der Waals surface area contributed by atoms with E-state index in [0.717, 1.165) is 0 Å². The third-order valence-corrected chi connectivity index (χ3v) is 4.39. The van der Waals surface area contributed by atoms with Crippen molar-refractivity contribution in [1.82, 2.24) is 4.90 Å². The molecule has 0 saturated carbocycles. The summed E-state index contributed by atoms with van der Waals surface area (Å²) < 4.78 is 0. The van der Waals surface area contributed by atoms with E-state index < -0.39 is 0 Å². The van der Waals surface area contributed by atoms with E-state index in [-0.39, 0.29) is 24.3 Å². The van der Waals surface area contributed by atoms with Gasteiger partial charge in [0.1, 0.15) is 0 Å². The minimum atomic E-state index is -0.212. The number of hydrogen-bond donors (Lipinski definition) is 3. The second-order valence-corrected chi connectivity index (χ2v) is 6.44. The first-order valence-corrected chi connectivity index (χ1v) is 9.79. The molecule has 0 aliphatic heterocycles. The van der Waals surface area contributed by atoms with Gasteiger partial charge in [-0.15, -0.1) is 0 Å². The van der Waals surface area contributed by atoms with Gasteiger partial charge in [-0.05, 0) is 56.3 Å². The van der Waals surface area contributed by atoms with Gasteiger partial charge in [-0.3, -0.25) is 14.4 Å². The maximum atomic E-state index is 12.4. The summed E-state index contributed by atoms with van der Waals surface area (Å²) in [4.78, 5) is 37.8. The molecule has 0 aliphatic carbocycles. The third-order valence-electron chi connectivity index (χ3n) is 4.39. The van der Waals surface area contributed by atoms with E-state index in [1.807, 2.05) is 19.9 Å². The van der Waals surface area contributed by atoms with Crippen LogP contribution >= 0.6 is 0 Å². The topological polar surface area (TPSA) is 90.5 Å². The number of benzene rings is 2. The molecule has 0 bridgehead atoms. The zero-order valence-electron chi connectivity index (χ0n) is 17.1. The summed E-state index contributed by atoms with van der Waals surface area (Å²) in [6, 6.07) is 14.1. The fourth-order valence-electron chi connectivity index (χ4n) is 2.73.